The van der Waals surface area contributed by atoms with Crippen LogP contribution in [0.15, 0.2) is 24.5 Å². The van der Waals surface area contributed by atoms with E-state index in [9.17, 15) is 0 Å². The van der Waals surface area contributed by atoms with Gasteiger partial charge in [0.05, 0.1) is 0 Å². The number of hydrogen-bond acceptors (Lipinski definition) is 1. The van der Waals surface area contributed by atoms with Gasteiger partial charge >= 0.3 is 0 Å². The Bertz CT molecular complexity index is 226. The molecule has 0 aromatic carbocycles. The quantitative estimate of drug-likeness (QED) is 0.667. The molecule has 1 heteroatoms. The van der Waals surface area contributed by atoms with Crippen molar-refractivity contribution in [3.8, 4) is 0 Å². The van der Waals surface area contributed by atoms with Crippen molar-refractivity contribution in [1.29, 1.82) is 0 Å². The molecule has 0 amide bonds. The zero-order chi connectivity index (χ0) is 9.03. The molecule has 0 bridgehead atoms. The van der Waals surface area contributed by atoms with Crippen LogP contribution in [0.1, 0.15) is 32.8 Å². The van der Waals surface area contributed by atoms with Crippen molar-refractivity contribution >= 4 is 0 Å². The maximum atomic E-state index is 4.00. The molecule has 66 valence electrons. The Labute approximate surface area is 74.8 Å². The van der Waals surface area contributed by atoms with E-state index in [2.05, 4.69) is 37.9 Å². The van der Waals surface area contributed by atoms with Gasteiger partial charge in [-0.25, -0.2) is 0 Å². The van der Waals surface area contributed by atoms with Gasteiger partial charge in [-0.3, -0.25) is 4.98 Å². The van der Waals surface area contributed by atoms with Gasteiger partial charge in [0.1, 0.15) is 0 Å². The van der Waals surface area contributed by atoms with Crippen LogP contribution in [0.5, 0.6) is 0 Å². The first-order valence-corrected chi connectivity index (χ1v) is 4.53. The Hall–Kier alpha value is -0.850. The van der Waals surface area contributed by atoms with Gasteiger partial charge in [-0.15, -0.1) is 0 Å². The van der Waals surface area contributed by atoms with E-state index in [0.717, 1.165) is 6.42 Å². The van der Waals surface area contributed by atoms with Gasteiger partial charge in [-0.1, -0.05) is 27.2 Å². The highest BCUT2D eigenvalue weighted by atomic mass is 14.6. The van der Waals surface area contributed by atoms with Crippen molar-refractivity contribution in [2.45, 2.75) is 33.6 Å². The van der Waals surface area contributed by atoms with Crippen molar-refractivity contribution in [2.75, 3.05) is 0 Å². The molecule has 0 radical (unpaired) electrons. The van der Waals surface area contributed by atoms with Crippen LogP contribution < -0.4 is 0 Å². The summed E-state index contributed by atoms with van der Waals surface area (Å²) in [7, 11) is 0. The molecule has 1 nitrogen and oxygen atoms in total. The summed E-state index contributed by atoms with van der Waals surface area (Å²) in [4.78, 5) is 4.00. The van der Waals surface area contributed by atoms with Crippen molar-refractivity contribution in [3.05, 3.63) is 30.1 Å². The SMILES string of the molecule is CCC(C)(C)Cc1ccncc1. The van der Waals surface area contributed by atoms with Crippen molar-refractivity contribution in [1.82, 2.24) is 4.98 Å². The summed E-state index contributed by atoms with van der Waals surface area (Å²) in [6, 6.07) is 4.19. The fraction of sp³-hybridized carbons (Fsp3) is 0.545. The van der Waals surface area contributed by atoms with Crippen LogP contribution in [0.3, 0.4) is 0 Å². The third-order valence-electron chi connectivity index (χ3n) is 2.39. The van der Waals surface area contributed by atoms with E-state index in [1.165, 1.54) is 12.0 Å². The number of pyridine rings is 1. The normalized spacial score (nSPS) is 11.6. The van der Waals surface area contributed by atoms with E-state index >= 15 is 0 Å². The first-order chi connectivity index (χ1) is 5.64. The van der Waals surface area contributed by atoms with E-state index in [4.69, 9.17) is 0 Å². The lowest BCUT2D eigenvalue weighted by molar-refractivity contribution is 0.349. The van der Waals surface area contributed by atoms with Crippen LogP contribution in [0.4, 0.5) is 0 Å². The van der Waals surface area contributed by atoms with Crippen LogP contribution in [0, 0.1) is 5.41 Å². The molecule has 0 saturated heterocycles. The second-order valence-electron chi connectivity index (χ2n) is 4.05. The predicted molar refractivity (Wildman–Crippen MR) is 52.0 cm³/mol. The Morgan fingerprint density at radius 3 is 2.33 bits per heavy atom. The average Bonchev–Trinajstić information content (AvgIpc) is 2.06. The van der Waals surface area contributed by atoms with Crippen LogP contribution in [0.2, 0.25) is 0 Å². The van der Waals surface area contributed by atoms with Crippen LogP contribution in [0.25, 0.3) is 0 Å². The van der Waals surface area contributed by atoms with E-state index in [1.54, 1.807) is 0 Å². The lowest BCUT2D eigenvalue weighted by Gasteiger charge is -2.22. The van der Waals surface area contributed by atoms with Crippen molar-refractivity contribution in [2.24, 2.45) is 5.41 Å². The molecule has 1 aromatic heterocycles. The number of nitrogens with zero attached hydrogens (tertiary/aromatic N) is 1. The highest BCUT2D eigenvalue weighted by Gasteiger charge is 2.14. The third kappa shape index (κ3) is 2.65. The minimum atomic E-state index is 0.418. The highest BCUT2D eigenvalue weighted by molar-refractivity contribution is 5.11. The smallest absolute Gasteiger partial charge is 0.0270 e. The maximum Gasteiger partial charge on any atom is 0.0270 e. The van der Waals surface area contributed by atoms with Crippen LogP contribution in [-0.2, 0) is 6.42 Å². The lowest BCUT2D eigenvalue weighted by Crippen LogP contribution is -2.13. The zero-order valence-electron chi connectivity index (χ0n) is 8.17. The second kappa shape index (κ2) is 3.70. The Balaban J connectivity index is 2.64. The fourth-order valence-corrected chi connectivity index (χ4v) is 1.18. The van der Waals surface area contributed by atoms with Crippen LogP contribution in [-0.4, -0.2) is 4.98 Å². The molecule has 1 aromatic rings. The first-order valence-electron chi connectivity index (χ1n) is 4.53. The van der Waals surface area contributed by atoms with Gasteiger partial charge in [0.15, 0.2) is 0 Å². The number of aromatic nitrogens is 1. The van der Waals surface area contributed by atoms with Gasteiger partial charge in [-0.05, 0) is 29.5 Å². The molecular weight excluding hydrogens is 146 g/mol. The molecule has 12 heavy (non-hydrogen) atoms. The highest BCUT2D eigenvalue weighted by Crippen LogP contribution is 2.24. The Morgan fingerprint density at radius 1 is 1.25 bits per heavy atom. The molecule has 0 aliphatic heterocycles. The maximum absolute atomic E-state index is 4.00. The van der Waals surface area contributed by atoms with Gasteiger partial charge in [-0.2, -0.15) is 0 Å². The molecule has 0 atom stereocenters. The molecule has 0 aliphatic rings. The van der Waals surface area contributed by atoms with Gasteiger partial charge < -0.3 is 0 Å². The van der Waals surface area contributed by atoms with Gasteiger partial charge in [0, 0.05) is 12.4 Å². The summed E-state index contributed by atoms with van der Waals surface area (Å²) < 4.78 is 0. The molecule has 0 fully saturated rings. The first kappa shape index (κ1) is 9.24. The zero-order valence-corrected chi connectivity index (χ0v) is 8.17. The van der Waals surface area contributed by atoms with Gasteiger partial charge in [0.25, 0.3) is 0 Å². The summed E-state index contributed by atoms with van der Waals surface area (Å²) in [6.07, 6.45) is 6.09. The van der Waals surface area contributed by atoms with E-state index in [1.807, 2.05) is 12.4 Å². The van der Waals surface area contributed by atoms with E-state index in [-0.39, 0.29) is 0 Å². The minimum Gasteiger partial charge on any atom is -0.265 e. The molecule has 0 spiro atoms. The second-order valence-corrected chi connectivity index (χ2v) is 4.05. The Morgan fingerprint density at radius 2 is 1.83 bits per heavy atom. The molecule has 1 heterocycles. The average molecular weight is 163 g/mol. The van der Waals surface area contributed by atoms with Crippen molar-refractivity contribution < 1.29 is 0 Å². The summed E-state index contributed by atoms with van der Waals surface area (Å²) in [6.45, 7) is 6.84. The lowest BCUT2D eigenvalue weighted by atomic mass is 9.84. The fourth-order valence-electron chi connectivity index (χ4n) is 1.18. The van der Waals surface area contributed by atoms with Crippen LogP contribution >= 0.6 is 0 Å². The molecule has 0 aliphatic carbocycles. The third-order valence-corrected chi connectivity index (χ3v) is 2.39. The molecule has 0 unspecified atom stereocenters. The standard InChI is InChI=1S/C11H17N/c1-4-11(2,3)9-10-5-7-12-8-6-10/h5-8H,4,9H2,1-3H3. The molecule has 0 saturated carbocycles. The predicted octanol–water partition coefficient (Wildman–Crippen LogP) is 3.06. The van der Waals surface area contributed by atoms with E-state index in [0.29, 0.717) is 5.41 Å². The van der Waals surface area contributed by atoms with E-state index < -0.39 is 0 Å². The monoisotopic (exact) mass is 163 g/mol. The molecule has 1 rings (SSSR count). The number of rotatable bonds is 3. The summed E-state index contributed by atoms with van der Waals surface area (Å²) in [5.41, 5.74) is 1.80. The summed E-state index contributed by atoms with van der Waals surface area (Å²) in [5, 5.41) is 0. The Kier molecular flexibility index (Phi) is 2.85. The molecular formula is C11H17N. The number of hydrogen-bond donors (Lipinski definition) is 0. The minimum absolute atomic E-state index is 0.418. The summed E-state index contributed by atoms with van der Waals surface area (Å²) >= 11 is 0. The van der Waals surface area contributed by atoms with Crippen molar-refractivity contribution in [3.63, 3.8) is 0 Å². The summed E-state index contributed by atoms with van der Waals surface area (Å²) in [5.74, 6) is 0. The van der Waals surface area contributed by atoms with Gasteiger partial charge in [0.2, 0.25) is 0 Å². The molecule has 0 N–H and O–H groups in total. The largest absolute Gasteiger partial charge is 0.265 e. The topological polar surface area (TPSA) is 12.9 Å².